The second kappa shape index (κ2) is 7.06. The Morgan fingerprint density at radius 3 is 2.71 bits per heavy atom. The Hall–Kier alpha value is -1.38. The van der Waals surface area contributed by atoms with Gasteiger partial charge in [-0.2, -0.15) is 0 Å². The van der Waals surface area contributed by atoms with Gasteiger partial charge in [-0.05, 0) is 14.0 Å². The number of hydrogen-bond acceptors (Lipinski definition) is 7. The van der Waals surface area contributed by atoms with Crippen LogP contribution in [0.5, 0.6) is 0 Å². The zero-order valence-corrected chi connectivity index (χ0v) is 14.2. The second-order valence-electron chi connectivity index (χ2n) is 5.16. The minimum absolute atomic E-state index is 0.0893. The van der Waals surface area contributed by atoms with Crippen LogP contribution in [0.25, 0.3) is 0 Å². The van der Waals surface area contributed by atoms with Crippen LogP contribution in [0.1, 0.15) is 37.4 Å². The number of carbonyl (C=O) groups excluding carboxylic acids is 1. The van der Waals surface area contributed by atoms with Crippen molar-refractivity contribution in [3.05, 3.63) is 21.6 Å². The van der Waals surface area contributed by atoms with Crippen LogP contribution in [0.4, 0.5) is 5.13 Å². The molecule has 0 aliphatic rings. The van der Waals surface area contributed by atoms with Gasteiger partial charge in [0.2, 0.25) is 11.0 Å². The van der Waals surface area contributed by atoms with E-state index in [-0.39, 0.29) is 11.9 Å². The molecule has 114 valence electrons. The predicted molar refractivity (Wildman–Crippen MR) is 85.7 cm³/mol. The maximum atomic E-state index is 12.1. The van der Waals surface area contributed by atoms with Gasteiger partial charge in [0, 0.05) is 17.8 Å². The summed E-state index contributed by atoms with van der Waals surface area (Å²) in [6.45, 7) is 6.77. The Morgan fingerprint density at radius 2 is 2.14 bits per heavy atom. The molecule has 21 heavy (non-hydrogen) atoms. The minimum atomic E-state index is -0.266. The number of anilines is 1. The van der Waals surface area contributed by atoms with Gasteiger partial charge in [-0.1, -0.05) is 25.2 Å². The highest BCUT2D eigenvalue weighted by Crippen LogP contribution is 2.20. The summed E-state index contributed by atoms with van der Waals surface area (Å²) in [5.74, 6) is 0.348. The molecule has 8 heteroatoms. The van der Waals surface area contributed by atoms with E-state index in [9.17, 15) is 4.79 Å². The number of nitrogens with zero attached hydrogens (tertiary/aromatic N) is 4. The van der Waals surface area contributed by atoms with E-state index in [0.717, 1.165) is 10.7 Å². The first kappa shape index (κ1) is 16.0. The van der Waals surface area contributed by atoms with E-state index in [1.165, 1.54) is 11.3 Å². The maximum Gasteiger partial charge on any atom is 0.243 e. The number of hydrogen-bond donors (Lipinski definition) is 1. The molecule has 0 unspecified atom stereocenters. The van der Waals surface area contributed by atoms with Gasteiger partial charge >= 0.3 is 0 Å². The quantitative estimate of drug-likeness (QED) is 0.884. The first-order valence-corrected chi connectivity index (χ1v) is 8.45. The summed E-state index contributed by atoms with van der Waals surface area (Å²) in [5.41, 5.74) is 2.59. The molecule has 0 saturated carbocycles. The maximum absolute atomic E-state index is 12.1. The lowest BCUT2D eigenvalue weighted by Gasteiger charge is -2.22. The van der Waals surface area contributed by atoms with E-state index in [1.807, 2.05) is 18.9 Å². The van der Waals surface area contributed by atoms with Crippen molar-refractivity contribution in [2.75, 3.05) is 12.4 Å². The molecule has 0 bridgehead atoms. The molecule has 0 radical (unpaired) electrons. The molecule has 0 fully saturated rings. The van der Waals surface area contributed by atoms with Crippen molar-refractivity contribution in [3.8, 4) is 0 Å². The van der Waals surface area contributed by atoms with Crippen molar-refractivity contribution in [3.63, 3.8) is 0 Å². The van der Waals surface area contributed by atoms with Crippen LogP contribution in [0.15, 0.2) is 10.9 Å². The van der Waals surface area contributed by atoms with E-state index in [4.69, 9.17) is 0 Å². The van der Waals surface area contributed by atoms with Gasteiger partial charge in [0.1, 0.15) is 5.51 Å². The molecule has 0 saturated heterocycles. The van der Waals surface area contributed by atoms with E-state index in [1.54, 1.807) is 16.8 Å². The molecular weight excluding hydrogens is 306 g/mol. The summed E-state index contributed by atoms with van der Waals surface area (Å²) in [4.78, 5) is 18.7. The highest BCUT2D eigenvalue weighted by molar-refractivity contribution is 7.13. The Labute approximate surface area is 132 Å². The Bertz CT molecular complexity index is 581. The second-order valence-corrected chi connectivity index (χ2v) is 6.88. The highest BCUT2D eigenvalue weighted by atomic mass is 32.1. The van der Waals surface area contributed by atoms with Gasteiger partial charge in [-0.15, -0.1) is 21.5 Å². The predicted octanol–water partition coefficient (Wildman–Crippen LogP) is 2.58. The third kappa shape index (κ3) is 4.29. The van der Waals surface area contributed by atoms with Crippen molar-refractivity contribution in [2.45, 2.75) is 39.3 Å². The van der Waals surface area contributed by atoms with Gasteiger partial charge < -0.3 is 0 Å². The third-order valence-corrected chi connectivity index (χ3v) is 4.91. The fraction of sp³-hybridized carbons (Fsp3) is 0.538. The smallest absolute Gasteiger partial charge is 0.243 e. The Balaban J connectivity index is 1.92. The molecule has 2 aromatic heterocycles. The van der Waals surface area contributed by atoms with Crippen molar-refractivity contribution in [2.24, 2.45) is 0 Å². The fourth-order valence-electron chi connectivity index (χ4n) is 1.69. The molecular formula is C13H19N5OS2. The van der Waals surface area contributed by atoms with Crippen LogP contribution in [-0.4, -0.2) is 39.1 Å². The topological polar surface area (TPSA) is 71.0 Å². The lowest BCUT2D eigenvalue weighted by atomic mass is 10.2. The molecule has 1 N–H and O–H groups in total. The van der Waals surface area contributed by atoms with Gasteiger partial charge in [0.15, 0.2) is 0 Å². The van der Waals surface area contributed by atoms with E-state index >= 15 is 0 Å². The third-order valence-electron chi connectivity index (χ3n) is 3.11. The van der Waals surface area contributed by atoms with Crippen LogP contribution in [0.2, 0.25) is 0 Å². The molecule has 2 heterocycles. The van der Waals surface area contributed by atoms with Gasteiger partial charge in [0.05, 0.1) is 16.7 Å². The van der Waals surface area contributed by atoms with Crippen molar-refractivity contribution in [1.29, 1.82) is 0 Å². The fourth-order valence-corrected chi connectivity index (χ4v) is 2.96. The number of rotatable bonds is 6. The molecule has 1 amide bonds. The summed E-state index contributed by atoms with van der Waals surface area (Å²) in [5, 5.41) is 14.0. The number of aromatic nitrogens is 3. The summed E-state index contributed by atoms with van der Waals surface area (Å²) in [7, 11) is 1.92. The average Bonchev–Trinajstić information content (AvgIpc) is 3.09. The molecule has 0 aromatic carbocycles. The summed E-state index contributed by atoms with van der Waals surface area (Å²) in [6, 6.07) is -0.266. The van der Waals surface area contributed by atoms with Crippen LogP contribution >= 0.6 is 22.7 Å². The van der Waals surface area contributed by atoms with Crippen molar-refractivity contribution >= 4 is 33.7 Å². The summed E-state index contributed by atoms with van der Waals surface area (Å²) >= 11 is 2.98. The normalized spacial score (nSPS) is 12.9. The van der Waals surface area contributed by atoms with Crippen LogP contribution < -0.4 is 5.32 Å². The van der Waals surface area contributed by atoms with Crippen molar-refractivity contribution in [1.82, 2.24) is 20.1 Å². The SMILES string of the molecule is CC(C)c1nc(CN(C)[C@H](C)C(=O)Nc2nncs2)cs1. The van der Waals surface area contributed by atoms with Gasteiger partial charge in [-0.25, -0.2) is 4.98 Å². The average molecular weight is 325 g/mol. The first-order valence-electron chi connectivity index (χ1n) is 6.69. The van der Waals surface area contributed by atoms with Crippen LogP contribution in [-0.2, 0) is 11.3 Å². The number of nitrogens with one attached hydrogen (secondary N) is 1. The monoisotopic (exact) mass is 325 g/mol. The zero-order valence-electron chi connectivity index (χ0n) is 12.5. The summed E-state index contributed by atoms with van der Waals surface area (Å²) in [6.07, 6.45) is 0. The van der Waals surface area contributed by atoms with Gasteiger partial charge in [0.25, 0.3) is 0 Å². The van der Waals surface area contributed by atoms with Crippen molar-refractivity contribution < 1.29 is 4.79 Å². The molecule has 0 spiro atoms. The van der Waals surface area contributed by atoms with Crippen LogP contribution in [0.3, 0.4) is 0 Å². The molecule has 1 atom stereocenters. The molecule has 0 aliphatic carbocycles. The number of thiazole rings is 1. The van der Waals surface area contributed by atoms with E-state index in [2.05, 4.69) is 39.7 Å². The highest BCUT2D eigenvalue weighted by Gasteiger charge is 2.20. The molecule has 2 aromatic rings. The summed E-state index contributed by atoms with van der Waals surface area (Å²) < 4.78 is 0. The lowest BCUT2D eigenvalue weighted by molar-refractivity contribution is -0.120. The van der Waals surface area contributed by atoms with E-state index in [0.29, 0.717) is 17.6 Å². The number of amides is 1. The molecule has 0 aliphatic heterocycles. The molecule has 6 nitrogen and oxygen atoms in total. The number of likely N-dealkylation sites (N-methyl/N-ethyl adjacent to an activating group) is 1. The van der Waals surface area contributed by atoms with Gasteiger partial charge in [-0.3, -0.25) is 15.0 Å². The largest absolute Gasteiger partial charge is 0.299 e. The van der Waals surface area contributed by atoms with Crippen LogP contribution in [0, 0.1) is 0 Å². The zero-order chi connectivity index (χ0) is 15.4. The Morgan fingerprint density at radius 1 is 1.38 bits per heavy atom. The Kier molecular flexibility index (Phi) is 5.38. The lowest BCUT2D eigenvalue weighted by Crippen LogP contribution is -2.39. The number of carbonyl (C=O) groups is 1. The first-order chi connectivity index (χ1) is 9.97. The molecule has 2 rings (SSSR count). The minimum Gasteiger partial charge on any atom is -0.299 e. The standard InChI is InChI=1S/C13H19N5OS2/c1-8(2)12-15-10(6-20-12)5-18(4)9(3)11(19)16-13-17-14-7-21-13/h6-9H,5H2,1-4H3,(H,16,17,19)/t9-/m1/s1. The van der Waals surface area contributed by atoms with E-state index < -0.39 is 0 Å².